The predicted octanol–water partition coefficient (Wildman–Crippen LogP) is 3.83. The molecule has 0 fully saturated rings. The van der Waals surface area contributed by atoms with Crippen molar-refractivity contribution >= 4 is 42.8 Å². The largest absolute Gasteiger partial charge is 0.358 e. The molecule has 0 saturated heterocycles. The van der Waals surface area contributed by atoms with E-state index >= 15 is 0 Å². The minimum Gasteiger partial charge on any atom is -0.358 e. The smallest absolute Gasteiger partial charge is 0.0467 e. The third-order valence-electron chi connectivity index (χ3n) is 1.78. The van der Waals surface area contributed by atoms with Crippen LogP contribution in [0.1, 0.15) is 5.69 Å². The minimum atomic E-state index is 0.874. The number of H-pyrrole nitrogens is 1. The molecular weight excluding hydrogens is 282 g/mol. The zero-order valence-corrected chi connectivity index (χ0v) is 9.44. The molecule has 2 aromatic rings. The number of alkyl halides is 1. The number of rotatable bonds is 1. The highest BCUT2D eigenvalue weighted by atomic mass is 79.9. The first-order valence-corrected chi connectivity index (χ1v) is 5.54. The van der Waals surface area contributed by atoms with E-state index in [1.54, 1.807) is 0 Å². The number of halogens is 2. The van der Waals surface area contributed by atoms with E-state index < -0.39 is 0 Å². The Hall–Kier alpha value is -0.280. The zero-order chi connectivity index (χ0) is 8.55. The number of hydrogen-bond acceptors (Lipinski definition) is 0. The molecule has 2 rings (SSSR count). The van der Waals surface area contributed by atoms with E-state index in [9.17, 15) is 0 Å². The molecule has 0 atom stereocenters. The summed E-state index contributed by atoms with van der Waals surface area (Å²) in [6.07, 6.45) is 0. The van der Waals surface area contributed by atoms with E-state index in [0.29, 0.717) is 0 Å². The molecule has 3 heteroatoms. The Morgan fingerprint density at radius 2 is 2.08 bits per heavy atom. The number of benzene rings is 1. The SMILES string of the molecule is BrCc1cc2ccc(Br)cc2[nH]1. The zero-order valence-electron chi connectivity index (χ0n) is 6.27. The summed E-state index contributed by atoms with van der Waals surface area (Å²) in [6, 6.07) is 8.38. The summed E-state index contributed by atoms with van der Waals surface area (Å²) >= 11 is 6.84. The van der Waals surface area contributed by atoms with Crippen LogP contribution >= 0.6 is 31.9 Å². The lowest BCUT2D eigenvalue weighted by Crippen LogP contribution is -1.72. The second kappa shape index (κ2) is 3.23. The molecule has 1 aromatic carbocycles. The topological polar surface area (TPSA) is 15.8 Å². The highest BCUT2D eigenvalue weighted by Crippen LogP contribution is 2.21. The average molecular weight is 289 g/mol. The van der Waals surface area contributed by atoms with Gasteiger partial charge >= 0.3 is 0 Å². The van der Waals surface area contributed by atoms with Crippen LogP contribution < -0.4 is 0 Å². The lowest BCUT2D eigenvalue weighted by molar-refractivity contribution is 1.28. The van der Waals surface area contributed by atoms with Gasteiger partial charge in [-0.3, -0.25) is 0 Å². The average Bonchev–Trinajstić information content (AvgIpc) is 2.46. The maximum absolute atomic E-state index is 3.43. The van der Waals surface area contributed by atoms with E-state index in [-0.39, 0.29) is 0 Å². The van der Waals surface area contributed by atoms with Gasteiger partial charge in [-0.25, -0.2) is 0 Å². The summed E-state index contributed by atoms with van der Waals surface area (Å²) in [5.41, 5.74) is 2.39. The van der Waals surface area contributed by atoms with Crippen LogP contribution in [0.25, 0.3) is 10.9 Å². The van der Waals surface area contributed by atoms with Gasteiger partial charge in [-0.2, -0.15) is 0 Å². The molecule has 1 heterocycles. The third kappa shape index (κ3) is 1.43. The Bertz CT molecular complexity index is 406. The van der Waals surface area contributed by atoms with Crippen molar-refractivity contribution in [2.75, 3.05) is 0 Å². The number of nitrogens with one attached hydrogen (secondary N) is 1. The third-order valence-corrected chi connectivity index (χ3v) is 2.88. The van der Waals surface area contributed by atoms with E-state index in [4.69, 9.17) is 0 Å². The fraction of sp³-hybridized carbons (Fsp3) is 0.111. The van der Waals surface area contributed by atoms with Crippen molar-refractivity contribution in [1.82, 2.24) is 4.98 Å². The molecule has 0 saturated carbocycles. The maximum Gasteiger partial charge on any atom is 0.0467 e. The van der Waals surface area contributed by atoms with Gasteiger partial charge in [0.2, 0.25) is 0 Å². The molecule has 0 aliphatic rings. The minimum absolute atomic E-state index is 0.874. The lowest BCUT2D eigenvalue weighted by Gasteiger charge is -1.89. The molecule has 0 unspecified atom stereocenters. The van der Waals surface area contributed by atoms with Crippen molar-refractivity contribution in [1.29, 1.82) is 0 Å². The Morgan fingerprint density at radius 3 is 2.83 bits per heavy atom. The maximum atomic E-state index is 3.43. The summed E-state index contributed by atoms with van der Waals surface area (Å²) in [6.45, 7) is 0. The Morgan fingerprint density at radius 1 is 1.25 bits per heavy atom. The van der Waals surface area contributed by atoms with Gasteiger partial charge < -0.3 is 4.98 Å². The van der Waals surface area contributed by atoms with Gasteiger partial charge in [0.05, 0.1) is 0 Å². The van der Waals surface area contributed by atoms with E-state index in [1.807, 2.05) is 6.07 Å². The number of fused-ring (bicyclic) bond motifs is 1. The second-order valence-electron chi connectivity index (χ2n) is 2.66. The molecule has 62 valence electrons. The van der Waals surface area contributed by atoms with Crippen molar-refractivity contribution in [3.05, 3.63) is 34.4 Å². The highest BCUT2D eigenvalue weighted by molar-refractivity contribution is 9.10. The molecule has 12 heavy (non-hydrogen) atoms. The Kier molecular flexibility index (Phi) is 2.24. The van der Waals surface area contributed by atoms with Crippen molar-refractivity contribution in [2.45, 2.75) is 5.33 Å². The van der Waals surface area contributed by atoms with Crippen LogP contribution in [0, 0.1) is 0 Å². The monoisotopic (exact) mass is 287 g/mol. The molecule has 1 aromatic heterocycles. The molecule has 1 N–H and O–H groups in total. The summed E-state index contributed by atoms with van der Waals surface area (Å²) in [5.74, 6) is 0. The van der Waals surface area contributed by atoms with Crippen LogP contribution in [-0.2, 0) is 5.33 Å². The normalized spacial score (nSPS) is 10.8. The highest BCUT2D eigenvalue weighted by Gasteiger charge is 1.98. The van der Waals surface area contributed by atoms with Gasteiger partial charge in [-0.1, -0.05) is 37.9 Å². The van der Waals surface area contributed by atoms with Gasteiger partial charge in [0.15, 0.2) is 0 Å². The van der Waals surface area contributed by atoms with Crippen molar-refractivity contribution in [2.24, 2.45) is 0 Å². The summed E-state index contributed by atoms with van der Waals surface area (Å²) < 4.78 is 1.11. The summed E-state index contributed by atoms with van der Waals surface area (Å²) in [5, 5.41) is 2.13. The van der Waals surface area contributed by atoms with E-state index in [0.717, 1.165) is 9.80 Å². The predicted molar refractivity (Wildman–Crippen MR) is 58.6 cm³/mol. The standard InChI is InChI=1S/C9H7Br2N/c10-5-8-3-6-1-2-7(11)4-9(6)12-8/h1-4,12H,5H2. The van der Waals surface area contributed by atoms with Crippen molar-refractivity contribution in [3.63, 3.8) is 0 Å². The van der Waals surface area contributed by atoms with Crippen LogP contribution in [0.15, 0.2) is 28.7 Å². The summed E-state index contributed by atoms with van der Waals surface area (Å²) in [7, 11) is 0. The fourth-order valence-corrected chi connectivity index (χ4v) is 1.89. The van der Waals surface area contributed by atoms with Crippen molar-refractivity contribution < 1.29 is 0 Å². The first kappa shape index (κ1) is 8.32. The van der Waals surface area contributed by atoms with Gasteiger partial charge in [0.1, 0.15) is 0 Å². The molecule has 0 radical (unpaired) electrons. The molecule has 1 nitrogen and oxygen atoms in total. The molecule has 0 aliphatic heterocycles. The van der Waals surface area contributed by atoms with Crippen LogP contribution in [0.5, 0.6) is 0 Å². The van der Waals surface area contributed by atoms with Gasteiger partial charge in [-0.15, -0.1) is 0 Å². The lowest BCUT2D eigenvalue weighted by atomic mass is 10.2. The van der Waals surface area contributed by atoms with Gasteiger partial charge in [-0.05, 0) is 23.6 Å². The van der Waals surface area contributed by atoms with Gasteiger partial charge in [0.25, 0.3) is 0 Å². The van der Waals surface area contributed by atoms with E-state index in [1.165, 1.54) is 16.6 Å². The molecule has 0 bridgehead atoms. The molecule has 0 amide bonds. The number of aromatic nitrogens is 1. The molecular formula is C9H7Br2N. The van der Waals surface area contributed by atoms with Gasteiger partial charge in [0, 0.05) is 21.0 Å². The van der Waals surface area contributed by atoms with Crippen LogP contribution in [0.4, 0.5) is 0 Å². The Labute approximate surface area is 87.4 Å². The van der Waals surface area contributed by atoms with Crippen molar-refractivity contribution in [3.8, 4) is 0 Å². The summed E-state index contributed by atoms with van der Waals surface area (Å²) in [4.78, 5) is 3.31. The first-order chi connectivity index (χ1) is 5.79. The van der Waals surface area contributed by atoms with E-state index in [2.05, 4.69) is 55.0 Å². The fourth-order valence-electron chi connectivity index (χ4n) is 1.23. The first-order valence-electron chi connectivity index (χ1n) is 3.63. The number of hydrogen-bond donors (Lipinski definition) is 1. The molecule has 0 aliphatic carbocycles. The van der Waals surface area contributed by atoms with Crippen LogP contribution in [0.2, 0.25) is 0 Å². The van der Waals surface area contributed by atoms with Crippen LogP contribution in [-0.4, -0.2) is 4.98 Å². The quantitative estimate of drug-likeness (QED) is 0.768. The molecule has 0 spiro atoms. The van der Waals surface area contributed by atoms with Crippen LogP contribution in [0.3, 0.4) is 0 Å². The Balaban J connectivity index is 2.67. The number of aromatic amines is 1. The second-order valence-corrected chi connectivity index (χ2v) is 4.14.